The van der Waals surface area contributed by atoms with E-state index < -0.39 is 11.1 Å². The Bertz CT molecular complexity index is 484. The van der Waals surface area contributed by atoms with E-state index in [1.54, 1.807) is 0 Å². The zero-order chi connectivity index (χ0) is 11.4. The molecule has 1 atom stereocenters. The van der Waals surface area contributed by atoms with Crippen molar-refractivity contribution in [1.82, 2.24) is 10.1 Å². The Morgan fingerprint density at radius 2 is 2.12 bits per heavy atom. The molecule has 0 N–H and O–H groups in total. The van der Waals surface area contributed by atoms with E-state index in [0.717, 1.165) is 5.56 Å². The Morgan fingerprint density at radius 1 is 1.38 bits per heavy atom. The predicted octanol–water partition coefficient (Wildman–Crippen LogP) is 1.55. The summed E-state index contributed by atoms with van der Waals surface area (Å²) in [5, 5.41) is 3.80. The van der Waals surface area contributed by atoms with Crippen LogP contribution in [0, 0.1) is 0 Å². The van der Waals surface area contributed by atoms with Crippen molar-refractivity contribution in [2.24, 2.45) is 0 Å². The zero-order valence-corrected chi connectivity index (χ0v) is 9.44. The molecule has 16 heavy (non-hydrogen) atoms. The average molecular weight is 238 g/mol. The fourth-order valence-corrected chi connectivity index (χ4v) is 1.61. The first-order valence-corrected chi connectivity index (χ1v) is 5.85. The highest BCUT2D eigenvalue weighted by Crippen LogP contribution is 2.15. The minimum absolute atomic E-state index is 0.107. The van der Waals surface area contributed by atoms with Crippen LogP contribution in [0.3, 0.4) is 0 Å². The number of hydrogen-bond acceptors (Lipinski definition) is 5. The van der Waals surface area contributed by atoms with Gasteiger partial charge in [-0.05, 0) is 0 Å². The van der Waals surface area contributed by atoms with Gasteiger partial charge >= 0.3 is 0 Å². The largest absolute Gasteiger partial charge is 0.338 e. The van der Waals surface area contributed by atoms with Gasteiger partial charge in [-0.2, -0.15) is 4.98 Å². The van der Waals surface area contributed by atoms with Crippen molar-refractivity contribution in [3.63, 3.8) is 0 Å². The topological polar surface area (TPSA) is 65.2 Å². The lowest BCUT2D eigenvalue weighted by Gasteiger charge is -1.92. The molecule has 84 valence electrons. The molecule has 6 heteroatoms. The van der Waals surface area contributed by atoms with Gasteiger partial charge in [0.1, 0.15) is 5.75 Å². The first kappa shape index (κ1) is 11.0. The lowest BCUT2D eigenvalue weighted by molar-refractivity contribution is 0.383. The lowest BCUT2D eigenvalue weighted by atomic mass is 10.2. The normalized spacial score (nSPS) is 12.6. The second kappa shape index (κ2) is 5.00. The molecule has 0 saturated heterocycles. The van der Waals surface area contributed by atoms with Crippen LogP contribution in [-0.2, 0) is 21.0 Å². The van der Waals surface area contributed by atoms with E-state index in [1.807, 2.05) is 30.3 Å². The summed E-state index contributed by atoms with van der Waals surface area (Å²) in [6, 6.07) is 9.44. The molecule has 0 saturated carbocycles. The molecule has 1 heterocycles. The van der Waals surface area contributed by atoms with E-state index in [2.05, 4.69) is 14.3 Å². The summed E-state index contributed by atoms with van der Waals surface area (Å²) in [5.41, 5.74) is 0.862. The molecule has 1 aromatic heterocycles. The fraction of sp³-hybridized carbons (Fsp3) is 0.200. The van der Waals surface area contributed by atoms with Crippen molar-refractivity contribution in [2.75, 3.05) is 7.11 Å². The van der Waals surface area contributed by atoms with Gasteiger partial charge in [-0.1, -0.05) is 35.5 Å². The van der Waals surface area contributed by atoms with Crippen molar-refractivity contribution >= 4 is 11.1 Å². The molecule has 5 nitrogen and oxygen atoms in total. The van der Waals surface area contributed by atoms with Crippen molar-refractivity contribution in [3.8, 4) is 11.4 Å². The van der Waals surface area contributed by atoms with Crippen molar-refractivity contribution in [2.45, 2.75) is 5.75 Å². The maximum absolute atomic E-state index is 11.1. The molecule has 0 bridgehead atoms. The van der Waals surface area contributed by atoms with Gasteiger partial charge in [0.15, 0.2) is 11.1 Å². The molecular formula is C10H10N2O3S. The predicted molar refractivity (Wildman–Crippen MR) is 58.6 cm³/mol. The maximum atomic E-state index is 11.1. The highest BCUT2D eigenvalue weighted by molar-refractivity contribution is 7.79. The summed E-state index contributed by atoms with van der Waals surface area (Å²) < 4.78 is 20.7. The van der Waals surface area contributed by atoms with Gasteiger partial charge in [-0.25, -0.2) is 4.21 Å². The molecule has 2 aromatic rings. The van der Waals surface area contributed by atoms with Crippen LogP contribution < -0.4 is 0 Å². The average Bonchev–Trinajstić information content (AvgIpc) is 2.78. The first-order valence-electron chi connectivity index (χ1n) is 4.60. The highest BCUT2D eigenvalue weighted by atomic mass is 32.2. The number of rotatable bonds is 4. The Balaban J connectivity index is 2.17. The Kier molecular flexibility index (Phi) is 3.43. The van der Waals surface area contributed by atoms with Crippen LogP contribution in [0.2, 0.25) is 0 Å². The third-order valence-electron chi connectivity index (χ3n) is 1.93. The number of hydrogen-bond donors (Lipinski definition) is 0. The van der Waals surface area contributed by atoms with Gasteiger partial charge in [0.05, 0.1) is 7.11 Å². The number of benzene rings is 1. The highest BCUT2D eigenvalue weighted by Gasteiger charge is 2.10. The fourth-order valence-electron chi connectivity index (χ4n) is 1.18. The summed E-state index contributed by atoms with van der Waals surface area (Å²) in [5.74, 6) is 0.902. The van der Waals surface area contributed by atoms with Crippen LogP contribution in [0.25, 0.3) is 11.4 Å². The second-order valence-electron chi connectivity index (χ2n) is 2.99. The summed E-state index contributed by atoms with van der Waals surface area (Å²) in [7, 11) is 1.37. The smallest absolute Gasteiger partial charge is 0.242 e. The van der Waals surface area contributed by atoms with Gasteiger partial charge < -0.3 is 4.52 Å². The van der Waals surface area contributed by atoms with E-state index in [9.17, 15) is 4.21 Å². The Hall–Kier alpha value is -1.53. The van der Waals surface area contributed by atoms with Crippen molar-refractivity contribution in [3.05, 3.63) is 36.2 Å². The van der Waals surface area contributed by atoms with E-state index in [0.29, 0.717) is 11.7 Å². The van der Waals surface area contributed by atoms with Crippen molar-refractivity contribution < 1.29 is 12.9 Å². The zero-order valence-electron chi connectivity index (χ0n) is 8.62. The molecule has 1 unspecified atom stereocenters. The van der Waals surface area contributed by atoms with Crippen LogP contribution in [0.4, 0.5) is 0 Å². The van der Waals surface area contributed by atoms with Crippen molar-refractivity contribution in [1.29, 1.82) is 0 Å². The quantitative estimate of drug-likeness (QED) is 0.808. The SMILES string of the molecule is COS(=O)Cc1nc(-c2ccccc2)no1. The van der Waals surface area contributed by atoms with E-state index in [4.69, 9.17) is 4.52 Å². The molecule has 2 rings (SSSR count). The molecule has 0 fully saturated rings. The van der Waals surface area contributed by atoms with Crippen LogP contribution in [0.5, 0.6) is 0 Å². The van der Waals surface area contributed by atoms with Crippen LogP contribution in [0.1, 0.15) is 5.89 Å². The van der Waals surface area contributed by atoms with E-state index in [-0.39, 0.29) is 5.75 Å². The molecule has 0 aliphatic rings. The third kappa shape index (κ3) is 2.53. The van der Waals surface area contributed by atoms with Gasteiger partial charge in [0.25, 0.3) is 0 Å². The number of aromatic nitrogens is 2. The first-order chi connectivity index (χ1) is 7.79. The lowest BCUT2D eigenvalue weighted by Crippen LogP contribution is -1.96. The summed E-state index contributed by atoms with van der Waals surface area (Å²) in [4.78, 5) is 4.12. The van der Waals surface area contributed by atoms with Gasteiger partial charge in [0, 0.05) is 5.56 Å². The standard InChI is InChI=1S/C10H10N2O3S/c1-14-16(13)7-9-11-10(12-15-9)8-5-3-2-4-6-8/h2-6H,7H2,1H3. The van der Waals surface area contributed by atoms with Crippen LogP contribution >= 0.6 is 0 Å². The molecule has 0 aliphatic heterocycles. The summed E-state index contributed by atoms with van der Waals surface area (Å²) >= 11 is -1.42. The Morgan fingerprint density at radius 3 is 2.81 bits per heavy atom. The van der Waals surface area contributed by atoms with Gasteiger partial charge in [-0.3, -0.25) is 4.18 Å². The minimum atomic E-state index is -1.42. The van der Waals surface area contributed by atoms with Crippen LogP contribution in [0.15, 0.2) is 34.9 Å². The summed E-state index contributed by atoms with van der Waals surface area (Å²) in [6.45, 7) is 0. The molecule has 0 radical (unpaired) electrons. The third-order valence-corrected chi connectivity index (χ3v) is 2.78. The monoisotopic (exact) mass is 238 g/mol. The van der Waals surface area contributed by atoms with E-state index in [1.165, 1.54) is 7.11 Å². The van der Waals surface area contributed by atoms with E-state index >= 15 is 0 Å². The summed E-state index contributed by atoms with van der Waals surface area (Å²) in [6.07, 6.45) is 0. The Labute approximate surface area is 95.1 Å². The van der Waals surface area contributed by atoms with Gasteiger partial charge in [0.2, 0.25) is 11.7 Å². The minimum Gasteiger partial charge on any atom is -0.338 e. The molecular weight excluding hydrogens is 228 g/mol. The molecule has 0 spiro atoms. The van der Waals surface area contributed by atoms with Crippen LogP contribution in [-0.4, -0.2) is 21.5 Å². The number of nitrogens with zero attached hydrogens (tertiary/aromatic N) is 2. The second-order valence-corrected chi connectivity index (χ2v) is 4.22. The molecule has 0 aliphatic carbocycles. The van der Waals surface area contributed by atoms with Gasteiger partial charge in [-0.15, -0.1) is 0 Å². The molecule has 0 amide bonds. The molecule has 1 aromatic carbocycles. The maximum Gasteiger partial charge on any atom is 0.242 e.